The van der Waals surface area contributed by atoms with Crippen LogP contribution in [-0.2, 0) is 0 Å². The Hall–Kier alpha value is -2.27. The van der Waals surface area contributed by atoms with Crippen molar-refractivity contribution in [3.05, 3.63) is 53.7 Å². The number of nitrogens with one attached hydrogen (secondary N) is 1. The predicted octanol–water partition coefficient (Wildman–Crippen LogP) is 3.09. The third-order valence-electron chi connectivity index (χ3n) is 3.64. The summed E-state index contributed by atoms with van der Waals surface area (Å²) in [6.45, 7) is 2.92. The lowest BCUT2D eigenvalue weighted by atomic mass is 10.2. The third-order valence-corrected chi connectivity index (χ3v) is 3.88. The van der Waals surface area contributed by atoms with Crippen LogP contribution in [0.5, 0.6) is 0 Å². The number of aromatic nitrogens is 1. The van der Waals surface area contributed by atoms with Crippen molar-refractivity contribution < 1.29 is 4.79 Å². The second kappa shape index (κ2) is 6.66. The number of halogens is 1. The quantitative estimate of drug-likeness (QED) is 0.926. The van der Waals surface area contributed by atoms with Crippen molar-refractivity contribution in [2.75, 3.05) is 36.4 Å². The van der Waals surface area contributed by atoms with E-state index in [9.17, 15) is 4.79 Å². The number of nitrogens with zero attached hydrogens (tertiary/aromatic N) is 3. The first kappa shape index (κ1) is 14.7. The first-order valence-electron chi connectivity index (χ1n) is 7.20. The van der Waals surface area contributed by atoms with Gasteiger partial charge in [0.15, 0.2) is 0 Å². The molecule has 0 atom stereocenters. The van der Waals surface area contributed by atoms with Gasteiger partial charge >= 0.3 is 6.03 Å². The van der Waals surface area contributed by atoms with Gasteiger partial charge in [0.1, 0.15) is 5.82 Å². The Bertz CT molecular complexity index is 642. The fourth-order valence-corrected chi connectivity index (χ4v) is 2.65. The number of hydrogen-bond acceptors (Lipinski definition) is 3. The predicted molar refractivity (Wildman–Crippen MR) is 88.5 cm³/mol. The van der Waals surface area contributed by atoms with Crippen molar-refractivity contribution in [2.45, 2.75) is 0 Å². The minimum absolute atomic E-state index is 0.107. The van der Waals surface area contributed by atoms with Crippen LogP contribution in [0, 0.1) is 0 Å². The molecule has 0 radical (unpaired) electrons. The smallest absolute Gasteiger partial charge is 0.323 e. The summed E-state index contributed by atoms with van der Waals surface area (Å²) in [5, 5.41) is 3.54. The van der Waals surface area contributed by atoms with Crippen LogP contribution in [0.3, 0.4) is 0 Å². The second-order valence-electron chi connectivity index (χ2n) is 5.10. The molecule has 1 saturated heterocycles. The minimum atomic E-state index is -0.107. The molecule has 6 heteroatoms. The number of carbonyl (C=O) groups excluding carboxylic acids is 1. The molecule has 114 valence electrons. The summed E-state index contributed by atoms with van der Waals surface area (Å²) in [4.78, 5) is 20.3. The SMILES string of the molecule is O=C(Nc1ccccn1)N1CCN(c2cccc(Cl)c2)CC1. The molecule has 0 bridgehead atoms. The summed E-state index contributed by atoms with van der Waals surface area (Å²) in [6, 6.07) is 13.1. The Morgan fingerprint density at radius 1 is 1.09 bits per heavy atom. The molecule has 1 aromatic heterocycles. The molecule has 0 saturated carbocycles. The molecule has 22 heavy (non-hydrogen) atoms. The fraction of sp³-hybridized carbons (Fsp3) is 0.250. The first-order chi connectivity index (χ1) is 10.7. The molecule has 0 unspecified atom stereocenters. The van der Waals surface area contributed by atoms with E-state index in [1.54, 1.807) is 17.2 Å². The fourth-order valence-electron chi connectivity index (χ4n) is 2.47. The van der Waals surface area contributed by atoms with E-state index in [1.165, 1.54) is 0 Å². The van der Waals surface area contributed by atoms with Gasteiger partial charge < -0.3 is 9.80 Å². The van der Waals surface area contributed by atoms with Gasteiger partial charge in [-0.2, -0.15) is 0 Å². The number of benzene rings is 1. The summed E-state index contributed by atoms with van der Waals surface area (Å²) >= 11 is 6.03. The number of amides is 2. The van der Waals surface area contributed by atoms with Crippen molar-refractivity contribution in [2.24, 2.45) is 0 Å². The van der Waals surface area contributed by atoms with Crippen molar-refractivity contribution >= 4 is 29.1 Å². The van der Waals surface area contributed by atoms with E-state index in [0.29, 0.717) is 18.9 Å². The number of carbonyl (C=O) groups is 1. The highest BCUT2D eigenvalue weighted by Crippen LogP contribution is 2.20. The van der Waals surface area contributed by atoms with Gasteiger partial charge in [0, 0.05) is 43.1 Å². The highest BCUT2D eigenvalue weighted by atomic mass is 35.5. The van der Waals surface area contributed by atoms with Crippen LogP contribution in [0.1, 0.15) is 0 Å². The molecule has 2 aromatic rings. The standard InChI is InChI=1S/C16H17ClN4O/c17-13-4-3-5-14(12-13)20-8-10-21(11-9-20)16(22)19-15-6-1-2-7-18-15/h1-7,12H,8-11H2,(H,18,19,22). The maximum absolute atomic E-state index is 12.2. The molecule has 2 heterocycles. The molecule has 1 aromatic carbocycles. The van der Waals surface area contributed by atoms with Gasteiger partial charge in [0.25, 0.3) is 0 Å². The molecule has 1 fully saturated rings. The number of pyridine rings is 1. The van der Waals surface area contributed by atoms with Gasteiger partial charge in [0.2, 0.25) is 0 Å². The summed E-state index contributed by atoms with van der Waals surface area (Å²) in [5.74, 6) is 0.574. The van der Waals surface area contributed by atoms with Gasteiger partial charge in [-0.3, -0.25) is 5.32 Å². The average molecular weight is 317 g/mol. The van der Waals surface area contributed by atoms with E-state index in [1.807, 2.05) is 36.4 Å². The Balaban J connectivity index is 1.56. The van der Waals surface area contributed by atoms with E-state index in [4.69, 9.17) is 11.6 Å². The Morgan fingerprint density at radius 3 is 2.59 bits per heavy atom. The van der Waals surface area contributed by atoms with Crippen LogP contribution in [-0.4, -0.2) is 42.1 Å². The highest BCUT2D eigenvalue weighted by molar-refractivity contribution is 6.30. The normalized spacial score (nSPS) is 14.8. The Morgan fingerprint density at radius 2 is 1.91 bits per heavy atom. The van der Waals surface area contributed by atoms with Crippen LogP contribution < -0.4 is 10.2 Å². The van der Waals surface area contributed by atoms with Crippen molar-refractivity contribution in [1.82, 2.24) is 9.88 Å². The van der Waals surface area contributed by atoms with E-state index in [0.717, 1.165) is 23.8 Å². The molecular weight excluding hydrogens is 300 g/mol. The van der Waals surface area contributed by atoms with Gasteiger partial charge in [0.05, 0.1) is 0 Å². The molecular formula is C16H17ClN4O. The topological polar surface area (TPSA) is 48.5 Å². The van der Waals surface area contributed by atoms with E-state index >= 15 is 0 Å². The zero-order valence-corrected chi connectivity index (χ0v) is 12.8. The molecule has 2 amide bonds. The maximum Gasteiger partial charge on any atom is 0.323 e. The maximum atomic E-state index is 12.2. The number of anilines is 2. The number of hydrogen-bond donors (Lipinski definition) is 1. The van der Waals surface area contributed by atoms with Gasteiger partial charge in [-0.25, -0.2) is 9.78 Å². The van der Waals surface area contributed by atoms with E-state index in [-0.39, 0.29) is 6.03 Å². The third kappa shape index (κ3) is 3.49. The molecule has 1 aliphatic heterocycles. The summed E-state index contributed by atoms with van der Waals surface area (Å²) in [6.07, 6.45) is 1.66. The number of urea groups is 1. The summed E-state index contributed by atoms with van der Waals surface area (Å²) in [7, 11) is 0. The minimum Gasteiger partial charge on any atom is -0.368 e. The molecule has 0 aliphatic carbocycles. The first-order valence-corrected chi connectivity index (χ1v) is 7.58. The number of rotatable bonds is 2. The van der Waals surface area contributed by atoms with E-state index in [2.05, 4.69) is 15.2 Å². The van der Waals surface area contributed by atoms with Crippen LogP contribution >= 0.6 is 11.6 Å². The average Bonchev–Trinajstić information content (AvgIpc) is 2.56. The monoisotopic (exact) mass is 316 g/mol. The zero-order valence-electron chi connectivity index (χ0n) is 12.1. The largest absolute Gasteiger partial charge is 0.368 e. The van der Waals surface area contributed by atoms with Crippen LogP contribution in [0.25, 0.3) is 0 Å². The number of piperazine rings is 1. The van der Waals surface area contributed by atoms with Crippen molar-refractivity contribution in [3.8, 4) is 0 Å². The summed E-state index contributed by atoms with van der Waals surface area (Å²) < 4.78 is 0. The van der Waals surface area contributed by atoms with Crippen molar-refractivity contribution in [3.63, 3.8) is 0 Å². The highest BCUT2D eigenvalue weighted by Gasteiger charge is 2.21. The van der Waals surface area contributed by atoms with Gasteiger partial charge in [-0.05, 0) is 30.3 Å². The van der Waals surface area contributed by atoms with Crippen LogP contribution in [0.2, 0.25) is 5.02 Å². The molecule has 0 spiro atoms. The van der Waals surface area contributed by atoms with Crippen LogP contribution in [0.4, 0.5) is 16.3 Å². The van der Waals surface area contributed by atoms with Crippen molar-refractivity contribution in [1.29, 1.82) is 0 Å². The van der Waals surface area contributed by atoms with Crippen LogP contribution in [0.15, 0.2) is 48.7 Å². The molecule has 5 nitrogen and oxygen atoms in total. The Labute approximate surface area is 134 Å². The van der Waals surface area contributed by atoms with E-state index < -0.39 is 0 Å². The molecule has 1 aliphatic rings. The molecule has 1 N–H and O–H groups in total. The zero-order chi connectivity index (χ0) is 15.4. The summed E-state index contributed by atoms with van der Waals surface area (Å²) in [5.41, 5.74) is 1.09. The second-order valence-corrected chi connectivity index (χ2v) is 5.54. The Kier molecular flexibility index (Phi) is 4.44. The lowest BCUT2D eigenvalue weighted by Gasteiger charge is -2.36. The van der Waals surface area contributed by atoms with Gasteiger partial charge in [-0.1, -0.05) is 23.7 Å². The lowest BCUT2D eigenvalue weighted by Crippen LogP contribution is -2.50. The lowest BCUT2D eigenvalue weighted by molar-refractivity contribution is 0.208. The molecule has 3 rings (SSSR count). The van der Waals surface area contributed by atoms with Gasteiger partial charge in [-0.15, -0.1) is 0 Å².